The van der Waals surface area contributed by atoms with Crippen LogP contribution in [-0.4, -0.2) is 34.2 Å². The first kappa shape index (κ1) is 16.4. The van der Waals surface area contributed by atoms with Gasteiger partial charge in [-0.05, 0) is 30.5 Å². The van der Waals surface area contributed by atoms with Gasteiger partial charge < -0.3 is 10.1 Å². The zero-order valence-corrected chi connectivity index (χ0v) is 13.3. The summed E-state index contributed by atoms with van der Waals surface area (Å²) in [6.45, 7) is 4.89. The number of benzene rings is 1. The minimum atomic E-state index is -3.30. The average molecular weight is 312 g/mol. The van der Waals surface area contributed by atoms with Crippen molar-refractivity contribution in [1.29, 1.82) is 0 Å². The second-order valence-electron chi connectivity index (χ2n) is 5.34. The van der Waals surface area contributed by atoms with E-state index in [0.717, 1.165) is 43.7 Å². The predicted octanol–water partition coefficient (Wildman–Crippen LogP) is 1.39. The molecule has 1 unspecified atom stereocenters. The molecule has 0 radical (unpaired) electrons. The fraction of sp³-hybridized carbons (Fsp3) is 0.600. The van der Waals surface area contributed by atoms with Crippen LogP contribution in [0.5, 0.6) is 0 Å². The summed E-state index contributed by atoms with van der Waals surface area (Å²) in [6, 6.07) is 7.68. The smallest absolute Gasteiger partial charge is 0.215 e. The van der Waals surface area contributed by atoms with Crippen LogP contribution < -0.4 is 10.0 Å². The van der Waals surface area contributed by atoms with Crippen LogP contribution >= 0.6 is 0 Å². The highest BCUT2D eigenvalue weighted by Gasteiger charge is 2.19. The number of hydrogen-bond donors (Lipinski definition) is 2. The molecule has 2 rings (SSSR count). The number of ether oxygens (including phenoxy) is 1. The fourth-order valence-electron chi connectivity index (χ4n) is 2.32. The number of nitrogens with one attached hydrogen (secondary N) is 2. The molecule has 2 N–H and O–H groups in total. The van der Waals surface area contributed by atoms with E-state index in [9.17, 15) is 8.42 Å². The van der Waals surface area contributed by atoms with Gasteiger partial charge in [0, 0.05) is 19.7 Å². The highest BCUT2D eigenvalue weighted by molar-refractivity contribution is 7.88. The molecule has 0 spiro atoms. The quantitative estimate of drug-likeness (QED) is 0.761. The Morgan fingerprint density at radius 1 is 1.24 bits per heavy atom. The summed E-state index contributed by atoms with van der Waals surface area (Å²) in [5, 5.41) is 3.24. The molecule has 0 aromatic heterocycles. The van der Waals surface area contributed by atoms with Gasteiger partial charge in [-0.2, -0.15) is 0 Å². The molecular formula is C15H24N2O3S. The summed E-state index contributed by atoms with van der Waals surface area (Å²) < 4.78 is 32.1. The molecule has 1 heterocycles. The first-order chi connectivity index (χ1) is 10.1. The normalized spacial score (nSPS) is 19.0. The maximum Gasteiger partial charge on any atom is 0.215 e. The first-order valence-electron chi connectivity index (χ1n) is 7.46. The van der Waals surface area contributed by atoms with E-state index in [1.807, 2.05) is 24.3 Å². The largest absolute Gasteiger partial charge is 0.377 e. The molecule has 0 saturated carbocycles. The van der Waals surface area contributed by atoms with Gasteiger partial charge >= 0.3 is 0 Å². The molecule has 1 atom stereocenters. The van der Waals surface area contributed by atoms with Crippen molar-refractivity contribution in [2.24, 2.45) is 0 Å². The summed E-state index contributed by atoms with van der Waals surface area (Å²) in [5.41, 5.74) is 1.96. The third-order valence-electron chi connectivity index (χ3n) is 3.51. The Morgan fingerprint density at radius 3 is 2.57 bits per heavy atom. The van der Waals surface area contributed by atoms with Crippen molar-refractivity contribution in [2.75, 3.05) is 19.7 Å². The minimum Gasteiger partial charge on any atom is -0.377 e. The van der Waals surface area contributed by atoms with Crippen LogP contribution in [0.25, 0.3) is 0 Å². The standard InChI is InChI=1S/C15H24N2O3S/c1-2-16-10-13-5-7-14(8-6-13)12-21(18,19)17-11-15-4-3-9-20-15/h5-8,15-17H,2-4,9-12H2,1H3. The topological polar surface area (TPSA) is 67.4 Å². The molecule has 21 heavy (non-hydrogen) atoms. The van der Waals surface area contributed by atoms with Crippen molar-refractivity contribution in [3.05, 3.63) is 35.4 Å². The van der Waals surface area contributed by atoms with E-state index in [1.54, 1.807) is 0 Å². The SMILES string of the molecule is CCNCc1ccc(CS(=O)(=O)NCC2CCCO2)cc1. The van der Waals surface area contributed by atoms with Crippen molar-refractivity contribution < 1.29 is 13.2 Å². The second-order valence-corrected chi connectivity index (χ2v) is 7.15. The van der Waals surface area contributed by atoms with E-state index in [2.05, 4.69) is 17.0 Å². The van der Waals surface area contributed by atoms with E-state index >= 15 is 0 Å². The Hall–Kier alpha value is -0.950. The Morgan fingerprint density at radius 2 is 1.95 bits per heavy atom. The molecule has 1 aliphatic heterocycles. The van der Waals surface area contributed by atoms with Gasteiger partial charge in [-0.1, -0.05) is 31.2 Å². The third kappa shape index (κ3) is 5.74. The van der Waals surface area contributed by atoms with Gasteiger partial charge in [0.05, 0.1) is 11.9 Å². The van der Waals surface area contributed by atoms with Crippen molar-refractivity contribution in [2.45, 2.75) is 38.2 Å². The highest BCUT2D eigenvalue weighted by atomic mass is 32.2. The van der Waals surface area contributed by atoms with Gasteiger partial charge in [-0.25, -0.2) is 13.1 Å². The molecule has 1 saturated heterocycles. The van der Waals surface area contributed by atoms with E-state index < -0.39 is 10.0 Å². The maximum atomic E-state index is 12.0. The lowest BCUT2D eigenvalue weighted by atomic mass is 10.1. The monoisotopic (exact) mass is 312 g/mol. The van der Waals surface area contributed by atoms with Gasteiger partial charge in [0.15, 0.2) is 0 Å². The average Bonchev–Trinajstić information content (AvgIpc) is 2.98. The molecule has 0 aliphatic carbocycles. The minimum absolute atomic E-state index is 0.0151. The van der Waals surface area contributed by atoms with Gasteiger partial charge in [0.2, 0.25) is 10.0 Å². The molecular weight excluding hydrogens is 288 g/mol. The Kier molecular flexibility index (Phi) is 6.17. The molecule has 1 aromatic rings. The molecule has 1 fully saturated rings. The molecule has 1 aromatic carbocycles. The lowest BCUT2D eigenvalue weighted by molar-refractivity contribution is 0.114. The van der Waals surface area contributed by atoms with E-state index in [0.29, 0.717) is 6.54 Å². The van der Waals surface area contributed by atoms with Crippen LogP contribution in [0.3, 0.4) is 0 Å². The summed E-state index contributed by atoms with van der Waals surface area (Å²) in [7, 11) is -3.30. The van der Waals surface area contributed by atoms with Crippen LogP contribution in [0.2, 0.25) is 0 Å². The second kappa shape index (κ2) is 7.89. The van der Waals surface area contributed by atoms with E-state index in [-0.39, 0.29) is 11.9 Å². The van der Waals surface area contributed by atoms with Crippen LogP contribution in [-0.2, 0) is 27.1 Å². The predicted molar refractivity (Wildman–Crippen MR) is 83.4 cm³/mol. The Labute approximate surface area is 127 Å². The first-order valence-corrected chi connectivity index (χ1v) is 9.12. The van der Waals surface area contributed by atoms with Crippen LogP contribution in [0.15, 0.2) is 24.3 Å². The fourth-order valence-corrected chi connectivity index (χ4v) is 3.49. The van der Waals surface area contributed by atoms with Gasteiger partial charge in [0.1, 0.15) is 0 Å². The van der Waals surface area contributed by atoms with E-state index in [4.69, 9.17) is 4.74 Å². The molecule has 0 amide bonds. The van der Waals surface area contributed by atoms with Crippen molar-refractivity contribution in [3.63, 3.8) is 0 Å². The summed E-state index contributed by atoms with van der Waals surface area (Å²) in [4.78, 5) is 0. The molecule has 1 aliphatic rings. The van der Waals surface area contributed by atoms with Gasteiger partial charge in [-0.3, -0.25) is 0 Å². The van der Waals surface area contributed by atoms with E-state index in [1.165, 1.54) is 0 Å². The maximum absolute atomic E-state index is 12.0. The van der Waals surface area contributed by atoms with Crippen LogP contribution in [0.4, 0.5) is 0 Å². The molecule has 5 nitrogen and oxygen atoms in total. The summed E-state index contributed by atoms with van der Waals surface area (Å²) in [5.74, 6) is 0.0151. The lowest BCUT2D eigenvalue weighted by Crippen LogP contribution is -2.32. The summed E-state index contributed by atoms with van der Waals surface area (Å²) in [6.07, 6.45) is 1.98. The Balaban J connectivity index is 1.84. The van der Waals surface area contributed by atoms with Gasteiger partial charge in [0.25, 0.3) is 0 Å². The van der Waals surface area contributed by atoms with Crippen molar-refractivity contribution in [1.82, 2.24) is 10.0 Å². The van der Waals surface area contributed by atoms with Crippen molar-refractivity contribution >= 4 is 10.0 Å². The number of rotatable bonds is 8. The highest BCUT2D eigenvalue weighted by Crippen LogP contribution is 2.12. The molecule has 6 heteroatoms. The summed E-state index contributed by atoms with van der Waals surface area (Å²) >= 11 is 0. The molecule has 118 valence electrons. The zero-order valence-electron chi connectivity index (χ0n) is 12.5. The van der Waals surface area contributed by atoms with Gasteiger partial charge in [-0.15, -0.1) is 0 Å². The van der Waals surface area contributed by atoms with Crippen LogP contribution in [0.1, 0.15) is 30.9 Å². The van der Waals surface area contributed by atoms with Crippen LogP contribution in [0, 0.1) is 0 Å². The lowest BCUT2D eigenvalue weighted by Gasteiger charge is -2.11. The zero-order chi connectivity index (χ0) is 15.1. The number of sulfonamides is 1. The van der Waals surface area contributed by atoms with Crippen molar-refractivity contribution in [3.8, 4) is 0 Å². The number of hydrogen-bond acceptors (Lipinski definition) is 4. The molecule has 0 bridgehead atoms. The third-order valence-corrected chi connectivity index (χ3v) is 4.83. The Bertz CT molecular complexity index is 522.